The summed E-state index contributed by atoms with van der Waals surface area (Å²) in [5.41, 5.74) is 0.753. The zero-order valence-corrected chi connectivity index (χ0v) is 16.1. The first kappa shape index (κ1) is 19.1. The van der Waals surface area contributed by atoms with Crippen molar-refractivity contribution in [2.75, 3.05) is 13.2 Å². The Kier molecular flexibility index (Phi) is 5.93. The van der Waals surface area contributed by atoms with Crippen LogP contribution in [0.25, 0.3) is 10.9 Å². The van der Waals surface area contributed by atoms with Gasteiger partial charge in [0.2, 0.25) is 10.0 Å². The predicted octanol–water partition coefficient (Wildman–Crippen LogP) is 3.38. The second-order valence-electron chi connectivity index (χ2n) is 6.22. The molecule has 1 N–H and O–H groups in total. The summed E-state index contributed by atoms with van der Waals surface area (Å²) >= 11 is 0. The molecule has 0 saturated carbocycles. The number of pyridine rings is 1. The van der Waals surface area contributed by atoms with Gasteiger partial charge in [-0.2, -0.15) is 0 Å². The summed E-state index contributed by atoms with van der Waals surface area (Å²) in [6.45, 7) is 4.18. The number of sulfonamides is 1. The fourth-order valence-electron chi connectivity index (χ4n) is 2.58. The van der Waals surface area contributed by atoms with Gasteiger partial charge in [-0.3, -0.25) is 4.98 Å². The van der Waals surface area contributed by atoms with E-state index in [0.717, 1.165) is 10.9 Å². The van der Waals surface area contributed by atoms with Crippen LogP contribution in [-0.4, -0.2) is 32.7 Å². The molecule has 0 fully saturated rings. The van der Waals surface area contributed by atoms with Crippen LogP contribution in [0.3, 0.4) is 0 Å². The van der Waals surface area contributed by atoms with E-state index in [2.05, 4.69) is 9.71 Å². The van der Waals surface area contributed by atoms with Gasteiger partial charge in [0, 0.05) is 18.1 Å². The molecule has 0 aliphatic heterocycles. The largest absolute Gasteiger partial charge is 0.491 e. The number of para-hydroxylation sites is 1. The molecule has 27 heavy (non-hydrogen) atoms. The van der Waals surface area contributed by atoms with Crippen LogP contribution in [0, 0.1) is 0 Å². The monoisotopic (exact) mass is 386 g/mol. The summed E-state index contributed by atoms with van der Waals surface area (Å²) in [5.74, 6) is 1.26. The molecule has 142 valence electrons. The maximum atomic E-state index is 12.4. The first-order valence-corrected chi connectivity index (χ1v) is 10.2. The van der Waals surface area contributed by atoms with Crippen molar-refractivity contribution in [2.24, 2.45) is 0 Å². The number of hydrogen-bond donors (Lipinski definition) is 1. The molecule has 3 rings (SSSR count). The third-order valence-corrected chi connectivity index (χ3v) is 5.23. The second kappa shape index (κ2) is 8.37. The summed E-state index contributed by atoms with van der Waals surface area (Å²) in [6, 6.07) is 15.8. The second-order valence-corrected chi connectivity index (χ2v) is 7.98. The van der Waals surface area contributed by atoms with E-state index in [9.17, 15) is 8.42 Å². The molecule has 0 bridgehead atoms. The van der Waals surface area contributed by atoms with E-state index in [4.69, 9.17) is 9.47 Å². The summed E-state index contributed by atoms with van der Waals surface area (Å²) in [7, 11) is -3.60. The van der Waals surface area contributed by atoms with E-state index in [1.807, 2.05) is 44.2 Å². The standard InChI is InChI=1S/C20H22N2O4S/c1-15(2)26-17-8-10-18(11-9-17)27(23,24)22-13-14-25-19-7-3-5-16-6-4-12-21-20(16)19/h3-12,15,22H,13-14H2,1-2H3. The molecule has 0 radical (unpaired) electrons. The van der Waals surface area contributed by atoms with Crippen LogP contribution in [0.2, 0.25) is 0 Å². The van der Waals surface area contributed by atoms with Gasteiger partial charge in [0.05, 0.1) is 11.0 Å². The van der Waals surface area contributed by atoms with Gasteiger partial charge in [0.15, 0.2) is 0 Å². The fraction of sp³-hybridized carbons (Fsp3) is 0.250. The lowest BCUT2D eigenvalue weighted by atomic mass is 10.2. The van der Waals surface area contributed by atoms with Crippen LogP contribution >= 0.6 is 0 Å². The molecule has 0 saturated heterocycles. The van der Waals surface area contributed by atoms with E-state index in [1.54, 1.807) is 18.3 Å². The molecule has 1 heterocycles. The Bertz CT molecular complexity index is 997. The quantitative estimate of drug-likeness (QED) is 0.601. The molecule has 6 nitrogen and oxygen atoms in total. The molecule has 0 atom stereocenters. The van der Waals surface area contributed by atoms with Gasteiger partial charge >= 0.3 is 0 Å². The zero-order valence-electron chi connectivity index (χ0n) is 15.3. The smallest absolute Gasteiger partial charge is 0.240 e. The van der Waals surface area contributed by atoms with Crippen molar-refractivity contribution in [3.8, 4) is 11.5 Å². The van der Waals surface area contributed by atoms with Gasteiger partial charge in [-0.15, -0.1) is 0 Å². The van der Waals surface area contributed by atoms with Crippen molar-refractivity contribution in [3.05, 3.63) is 60.8 Å². The van der Waals surface area contributed by atoms with Gasteiger partial charge in [0.1, 0.15) is 23.6 Å². The number of rotatable bonds is 8. The van der Waals surface area contributed by atoms with Crippen LogP contribution in [0.1, 0.15) is 13.8 Å². The van der Waals surface area contributed by atoms with E-state index in [1.165, 1.54) is 12.1 Å². The Morgan fingerprint density at radius 1 is 1.04 bits per heavy atom. The minimum absolute atomic E-state index is 0.0336. The summed E-state index contributed by atoms with van der Waals surface area (Å²) in [6.07, 6.45) is 1.73. The molecule has 0 aliphatic carbocycles. The van der Waals surface area contributed by atoms with Crippen LogP contribution < -0.4 is 14.2 Å². The van der Waals surface area contributed by atoms with E-state index in [0.29, 0.717) is 11.5 Å². The maximum Gasteiger partial charge on any atom is 0.240 e. The lowest BCUT2D eigenvalue weighted by Crippen LogP contribution is -2.28. The fourth-order valence-corrected chi connectivity index (χ4v) is 3.60. The Balaban J connectivity index is 1.57. The first-order chi connectivity index (χ1) is 13.0. The minimum atomic E-state index is -3.60. The Morgan fingerprint density at radius 2 is 1.78 bits per heavy atom. The van der Waals surface area contributed by atoms with Gasteiger partial charge in [-0.1, -0.05) is 18.2 Å². The van der Waals surface area contributed by atoms with Crippen molar-refractivity contribution in [2.45, 2.75) is 24.8 Å². The van der Waals surface area contributed by atoms with E-state index >= 15 is 0 Å². The van der Waals surface area contributed by atoms with Crippen molar-refractivity contribution in [3.63, 3.8) is 0 Å². The van der Waals surface area contributed by atoms with Crippen molar-refractivity contribution in [1.29, 1.82) is 0 Å². The minimum Gasteiger partial charge on any atom is -0.491 e. The normalized spacial score (nSPS) is 11.7. The predicted molar refractivity (Wildman–Crippen MR) is 105 cm³/mol. The van der Waals surface area contributed by atoms with Crippen LogP contribution in [0.15, 0.2) is 65.7 Å². The highest BCUT2D eigenvalue weighted by molar-refractivity contribution is 7.89. The number of nitrogens with zero attached hydrogens (tertiary/aromatic N) is 1. The number of ether oxygens (including phenoxy) is 2. The number of hydrogen-bond acceptors (Lipinski definition) is 5. The van der Waals surface area contributed by atoms with Crippen molar-refractivity contribution >= 4 is 20.9 Å². The van der Waals surface area contributed by atoms with E-state index < -0.39 is 10.0 Å². The molecular weight excluding hydrogens is 364 g/mol. The molecule has 0 aliphatic rings. The highest BCUT2D eigenvalue weighted by Crippen LogP contribution is 2.22. The van der Waals surface area contributed by atoms with Gasteiger partial charge in [-0.05, 0) is 50.2 Å². The molecular formula is C20H22N2O4S. The van der Waals surface area contributed by atoms with Gasteiger partial charge < -0.3 is 9.47 Å². The SMILES string of the molecule is CC(C)Oc1ccc(S(=O)(=O)NCCOc2cccc3cccnc23)cc1. The number of nitrogens with one attached hydrogen (secondary N) is 1. The third kappa shape index (κ3) is 4.96. The Labute approximate surface area is 159 Å². The van der Waals surface area contributed by atoms with Crippen molar-refractivity contribution in [1.82, 2.24) is 9.71 Å². The third-order valence-electron chi connectivity index (χ3n) is 3.75. The number of benzene rings is 2. The average Bonchev–Trinajstić information content (AvgIpc) is 2.65. The van der Waals surface area contributed by atoms with Crippen LogP contribution in [0.5, 0.6) is 11.5 Å². The number of aromatic nitrogens is 1. The lowest BCUT2D eigenvalue weighted by Gasteiger charge is -2.11. The summed E-state index contributed by atoms with van der Waals surface area (Å²) < 4.78 is 38.5. The highest BCUT2D eigenvalue weighted by atomic mass is 32.2. The van der Waals surface area contributed by atoms with Gasteiger partial charge in [0.25, 0.3) is 0 Å². The highest BCUT2D eigenvalue weighted by Gasteiger charge is 2.14. The van der Waals surface area contributed by atoms with Crippen LogP contribution in [-0.2, 0) is 10.0 Å². The van der Waals surface area contributed by atoms with E-state index in [-0.39, 0.29) is 24.2 Å². The Morgan fingerprint density at radius 3 is 2.52 bits per heavy atom. The molecule has 3 aromatic rings. The zero-order chi connectivity index (χ0) is 19.3. The molecule has 1 aromatic heterocycles. The molecule has 0 unspecified atom stereocenters. The average molecular weight is 386 g/mol. The van der Waals surface area contributed by atoms with Crippen molar-refractivity contribution < 1.29 is 17.9 Å². The first-order valence-electron chi connectivity index (χ1n) is 8.68. The topological polar surface area (TPSA) is 77.5 Å². The Hall–Kier alpha value is -2.64. The lowest BCUT2D eigenvalue weighted by molar-refractivity contribution is 0.242. The summed E-state index contributed by atoms with van der Waals surface area (Å²) in [5, 5.41) is 0.972. The van der Waals surface area contributed by atoms with Crippen LogP contribution in [0.4, 0.5) is 0 Å². The number of fused-ring (bicyclic) bond motifs is 1. The molecule has 0 amide bonds. The van der Waals surface area contributed by atoms with Gasteiger partial charge in [-0.25, -0.2) is 13.1 Å². The molecule has 0 spiro atoms. The molecule has 2 aromatic carbocycles. The maximum absolute atomic E-state index is 12.4. The summed E-state index contributed by atoms with van der Waals surface area (Å²) in [4.78, 5) is 4.49. The molecule has 7 heteroatoms.